The molecule has 0 radical (unpaired) electrons. The molecule has 1 aliphatic carbocycles. The predicted octanol–water partition coefficient (Wildman–Crippen LogP) is 5.18. The maximum atomic E-state index is 10.5. The summed E-state index contributed by atoms with van der Waals surface area (Å²) in [6.07, 6.45) is 6.88. The first kappa shape index (κ1) is 17.0. The Morgan fingerprint density at radius 3 is 2.10 bits per heavy atom. The molecule has 0 N–H and O–H groups in total. The minimum absolute atomic E-state index is 0.222. The quantitative estimate of drug-likeness (QED) is 0.706. The third-order valence-electron chi connectivity index (χ3n) is 4.07. The van der Waals surface area contributed by atoms with Gasteiger partial charge >= 0.3 is 0 Å². The van der Waals surface area contributed by atoms with Crippen molar-refractivity contribution in [2.75, 3.05) is 0 Å². The normalized spacial score (nSPS) is 16.4. The molecule has 4 heteroatoms. The molecular weight excluding hydrogens is 268 g/mol. The van der Waals surface area contributed by atoms with E-state index >= 15 is 0 Å². The summed E-state index contributed by atoms with van der Waals surface area (Å²) in [4.78, 5) is 10.5. The van der Waals surface area contributed by atoms with Crippen LogP contribution in [0.2, 0.25) is 18.1 Å². The molecule has 0 bridgehead atoms. The van der Waals surface area contributed by atoms with Crippen LogP contribution in [0, 0.1) is 0 Å². The molecule has 0 spiro atoms. The summed E-state index contributed by atoms with van der Waals surface area (Å²) in [7, 11) is -1.70. The minimum Gasteiger partial charge on any atom is -0.519 e. The number of carbonyl (C=O) groups is 1. The molecule has 1 aromatic heterocycles. The second kappa shape index (κ2) is 7.11. The molecule has 1 fully saturated rings. The number of rotatable bonds is 2. The number of carbonyl (C=O) groups excluding carboxylic acids is 1. The predicted molar refractivity (Wildman–Crippen MR) is 84.6 cm³/mol. The highest BCUT2D eigenvalue weighted by Gasteiger charge is 2.39. The van der Waals surface area contributed by atoms with Gasteiger partial charge in [-0.25, -0.2) is 0 Å². The standard InChI is InChI=1S/C10H18O2Si.C6H10O/c1-10(2,3)13(4,5)12-9-7-6-8-11-9;7-6-4-2-1-3-5-6/h6-8H,1-5H3;1-5H2. The lowest BCUT2D eigenvalue weighted by Crippen LogP contribution is -2.43. The second-order valence-corrected chi connectivity index (χ2v) is 11.6. The van der Waals surface area contributed by atoms with Gasteiger partial charge in [0.2, 0.25) is 0 Å². The van der Waals surface area contributed by atoms with Crippen molar-refractivity contribution in [1.82, 2.24) is 0 Å². The Morgan fingerprint density at radius 1 is 1.15 bits per heavy atom. The Bertz CT molecular complexity index is 394. The van der Waals surface area contributed by atoms with Crippen LogP contribution in [0.3, 0.4) is 0 Å². The van der Waals surface area contributed by atoms with Crippen LogP contribution >= 0.6 is 0 Å². The number of hydrogen-bond acceptors (Lipinski definition) is 3. The van der Waals surface area contributed by atoms with Crippen LogP contribution in [-0.2, 0) is 4.79 Å². The average molecular weight is 296 g/mol. The van der Waals surface area contributed by atoms with E-state index < -0.39 is 8.32 Å². The van der Waals surface area contributed by atoms with Gasteiger partial charge in [-0.05, 0) is 37.0 Å². The molecular formula is C16H28O3Si. The van der Waals surface area contributed by atoms with E-state index in [4.69, 9.17) is 8.84 Å². The minimum atomic E-state index is -1.70. The van der Waals surface area contributed by atoms with E-state index in [9.17, 15) is 4.79 Å². The fourth-order valence-corrected chi connectivity index (χ4v) is 2.60. The van der Waals surface area contributed by atoms with Crippen LogP contribution in [0.4, 0.5) is 0 Å². The van der Waals surface area contributed by atoms with Crippen molar-refractivity contribution < 1.29 is 13.6 Å². The molecule has 0 amide bonds. The van der Waals surface area contributed by atoms with Gasteiger partial charge in [0, 0.05) is 18.9 Å². The maximum Gasteiger partial charge on any atom is 0.270 e. The van der Waals surface area contributed by atoms with Crippen LogP contribution in [0.25, 0.3) is 0 Å². The molecule has 0 atom stereocenters. The SMILES string of the molecule is CC(C)(C)[Si](C)(C)Oc1ccco1.O=C1CCCCC1. The van der Waals surface area contributed by atoms with Gasteiger partial charge in [-0.3, -0.25) is 4.79 Å². The van der Waals surface area contributed by atoms with Gasteiger partial charge < -0.3 is 8.84 Å². The van der Waals surface area contributed by atoms with Crippen LogP contribution in [-0.4, -0.2) is 14.1 Å². The van der Waals surface area contributed by atoms with Gasteiger partial charge in [-0.15, -0.1) is 0 Å². The first-order valence-corrected chi connectivity index (χ1v) is 10.4. The summed E-state index contributed by atoms with van der Waals surface area (Å²) in [5.41, 5.74) is 0. The summed E-state index contributed by atoms with van der Waals surface area (Å²) < 4.78 is 11.1. The maximum absolute atomic E-state index is 10.5. The Kier molecular flexibility index (Phi) is 6.05. The smallest absolute Gasteiger partial charge is 0.270 e. The van der Waals surface area contributed by atoms with Gasteiger partial charge in [0.05, 0.1) is 6.26 Å². The molecule has 1 aromatic rings. The first-order chi connectivity index (χ1) is 9.22. The number of Topliss-reactive ketones (excluding diaryl/α,β-unsaturated/α-hetero) is 1. The van der Waals surface area contributed by atoms with Crippen LogP contribution in [0.15, 0.2) is 22.8 Å². The number of ketones is 1. The average Bonchev–Trinajstić information content (AvgIpc) is 2.81. The molecule has 0 saturated heterocycles. The van der Waals surface area contributed by atoms with Crippen molar-refractivity contribution in [3.05, 3.63) is 18.4 Å². The first-order valence-electron chi connectivity index (χ1n) is 7.46. The lowest BCUT2D eigenvalue weighted by atomic mass is 10.00. The Morgan fingerprint density at radius 2 is 1.75 bits per heavy atom. The molecule has 0 aliphatic heterocycles. The largest absolute Gasteiger partial charge is 0.519 e. The molecule has 3 nitrogen and oxygen atoms in total. The van der Waals surface area contributed by atoms with Crippen LogP contribution in [0.5, 0.6) is 5.95 Å². The topological polar surface area (TPSA) is 39.4 Å². The van der Waals surface area contributed by atoms with Crippen molar-refractivity contribution in [3.8, 4) is 5.95 Å². The summed E-state index contributed by atoms with van der Waals surface area (Å²) in [5.74, 6) is 1.11. The number of hydrogen-bond donors (Lipinski definition) is 0. The van der Waals surface area contributed by atoms with Crippen molar-refractivity contribution >= 4 is 14.1 Å². The molecule has 0 aromatic carbocycles. The van der Waals surface area contributed by atoms with Gasteiger partial charge in [0.25, 0.3) is 14.3 Å². The van der Waals surface area contributed by atoms with Gasteiger partial charge in [-0.2, -0.15) is 0 Å². The summed E-state index contributed by atoms with van der Waals surface area (Å²) in [6, 6.07) is 3.71. The Labute approximate surface area is 123 Å². The van der Waals surface area contributed by atoms with E-state index in [0.717, 1.165) is 25.7 Å². The van der Waals surface area contributed by atoms with E-state index in [1.165, 1.54) is 6.42 Å². The molecule has 20 heavy (non-hydrogen) atoms. The summed E-state index contributed by atoms with van der Waals surface area (Å²) in [5, 5.41) is 0.222. The zero-order chi connectivity index (χ0) is 15.2. The zero-order valence-electron chi connectivity index (χ0n) is 13.5. The van der Waals surface area contributed by atoms with E-state index in [2.05, 4.69) is 33.9 Å². The third-order valence-corrected chi connectivity index (χ3v) is 8.39. The Hall–Kier alpha value is -1.03. The van der Waals surface area contributed by atoms with Crippen molar-refractivity contribution in [1.29, 1.82) is 0 Å². The van der Waals surface area contributed by atoms with E-state index in [1.54, 1.807) is 6.26 Å². The van der Waals surface area contributed by atoms with Crippen molar-refractivity contribution in [2.24, 2.45) is 0 Å². The summed E-state index contributed by atoms with van der Waals surface area (Å²) >= 11 is 0. The highest BCUT2D eigenvalue weighted by atomic mass is 28.4. The monoisotopic (exact) mass is 296 g/mol. The molecule has 2 rings (SSSR count). The summed E-state index contributed by atoms with van der Waals surface area (Å²) in [6.45, 7) is 11.0. The molecule has 1 heterocycles. The highest BCUT2D eigenvalue weighted by molar-refractivity contribution is 6.74. The van der Waals surface area contributed by atoms with E-state index in [-0.39, 0.29) is 5.04 Å². The van der Waals surface area contributed by atoms with E-state index in [0.29, 0.717) is 11.7 Å². The molecule has 114 valence electrons. The lowest BCUT2D eigenvalue weighted by molar-refractivity contribution is -0.120. The number of furan rings is 1. The molecule has 0 unspecified atom stereocenters. The highest BCUT2D eigenvalue weighted by Crippen LogP contribution is 2.37. The van der Waals surface area contributed by atoms with Crippen LogP contribution < -0.4 is 4.43 Å². The second-order valence-electron chi connectivity index (χ2n) is 6.89. The third kappa shape index (κ3) is 5.53. The van der Waals surface area contributed by atoms with Crippen molar-refractivity contribution in [2.45, 2.75) is 71.0 Å². The van der Waals surface area contributed by atoms with Gasteiger partial charge in [0.1, 0.15) is 5.78 Å². The van der Waals surface area contributed by atoms with Crippen molar-refractivity contribution in [3.63, 3.8) is 0 Å². The Balaban J connectivity index is 0.000000240. The lowest BCUT2D eigenvalue weighted by Gasteiger charge is -2.35. The van der Waals surface area contributed by atoms with E-state index in [1.807, 2.05) is 12.1 Å². The van der Waals surface area contributed by atoms with Gasteiger partial charge in [0.15, 0.2) is 0 Å². The van der Waals surface area contributed by atoms with Gasteiger partial charge in [-0.1, -0.05) is 27.2 Å². The fourth-order valence-electron chi connectivity index (χ4n) is 1.67. The molecule has 1 saturated carbocycles. The molecule has 1 aliphatic rings. The van der Waals surface area contributed by atoms with Crippen LogP contribution in [0.1, 0.15) is 52.9 Å². The zero-order valence-corrected chi connectivity index (χ0v) is 14.5. The fraction of sp³-hybridized carbons (Fsp3) is 0.688.